The highest BCUT2D eigenvalue weighted by Crippen LogP contribution is 2.21. The Hall–Kier alpha value is -1.79. The number of benzene rings is 1. The summed E-state index contributed by atoms with van der Waals surface area (Å²) >= 11 is 0. The topological polar surface area (TPSA) is 76.4 Å². The molecule has 0 fully saturated rings. The summed E-state index contributed by atoms with van der Waals surface area (Å²) in [6.07, 6.45) is 0. The Bertz CT molecular complexity index is 555. The number of methoxy groups -OCH3 is 2. The number of hydrogen-bond acceptors (Lipinski definition) is 5. The molecule has 1 atom stereocenters. The summed E-state index contributed by atoms with van der Waals surface area (Å²) in [5, 5.41) is 0. The Morgan fingerprint density at radius 2 is 2.15 bits per heavy atom. The van der Waals surface area contributed by atoms with Gasteiger partial charge in [-0.1, -0.05) is 0 Å². The molecule has 0 aliphatic heterocycles. The summed E-state index contributed by atoms with van der Waals surface area (Å²) in [6, 6.07) is 5.86. The molecule has 1 aromatic heterocycles. The lowest BCUT2D eigenvalue weighted by Crippen LogP contribution is -2.39. The van der Waals surface area contributed by atoms with Crippen LogP contribution >= 0.6 is 0 Å². The third kappa shape index (κ3) is 3.20. The number of ether oxygens (including phenoxy) is 2. The Morgan fingerprint density at radius 1 is 1.35 bits per heavy atom. The minimum atomic E-state index is 0.202. The van der Waals surface area contributed by atoms with Crippen molar-refractivity contribution in [1.82, 2.24) is 9.97 Å². The Morgan fingerprint density at radius 3 is 2.85 bits per heavy atom. The van der Waals surface area contributed by atoms with Gasteiger partial charge in [0.25, 0.3) is 0 Å². The van der Waals surface area contributed by atoms with Gasteiger partial charge in [-0.25, -0.2) is 4.98 Å². The molecule has 3 N–H and O–H groups in total. The molecule has 1 unspecified atom stereocenters. The van der Waals surface area contributed by atoms with Gasteiger partial charge in [0.05, 0.1) is 30.3 Å². The highest BCUT2D eigenvalue weighted by atomic mass is 16.5. The second kappa shape index (κ2) is 6.58. The van der Waals surface area contributed by atoms with Crippen molar-refractivity contribution in [3.05, 3.63) is 18.2 Å². The number of rotatable bonds is 7. The molecule has 2 rings (SSSR count). The van der Waals surface area contributed by atoms with Crippen molar-refractivity contribution >= 4 is 22.7 Å². The van der Waals surface area contributed by atoms with Crippen molar-refractivity contribution in [3.63, 3.8) is 0 Å². The van der Waals surface area contributed by atoms with Gasteiger partial charge < -0.3 is 25.1 Å². The Balaban J connectivity index is 2.29. The summed E-state index contributed by atoms with van der Waals surface area (Å²) in [5.41, 5.74) is 8.36. The number of nitrogens with zero attached hydrogens (tertiary/aromatic N) is 2. The summed E-state index contributed by atoms with van der Waals surface area (Å²) in [6.45, 7) is 4.10. The quantitative estimate of drug-likeness (QED) is 0.753. The van der Waals surface area contributed by atoms with E-state index in [1.54, 1.807) is 14.2 Å². The van der Waals surface area contributed by atoms with E-state index in [1.807, 2.05) is 18.2 Å². The molecular weight excluding hydrogens is 256 g/mol. The van der Waals surface area contributed by atoms with Crippen molar-refractivity contribution in [3.8, 4) is 0 Å². The van der Waals surface area contributed by atoms with Gasteiger partial charge in [0.15, 0.2) is 0 Å². The number of nitrogens with two attached hydrogens (primary N) is 1. The molecule has 6 heteroatoms. The number of anilines is 2. The van der Waals surface area contributed by atoms with E-state index in [9.17, 15) is 0 Å². The lowest BCUT2D eigenvalue weighted by molar-refractivity contribution is 0.170. The summed E-state index contributed by atoms with van der Waals surface area (Å²) in [4.78, 5) is 10.1. The molecule has 1 heterocycles. The second-order valence-corrected chi connectivity index (χ2v) is 4.83. The van der Waals surface area contributed by atoms with Crippen LogP contribution in [0.3, 0.4) is 0 Å². The van der Waals surface area contributed by atoms with Crippen LogP contribution in [-0.2, 0) is 9.47 Å². The summed E-state index contributed by atoms with van der Waals surface area (Å²) < 4.78 is 10.4. The van der Waals surface area contributed by atoms with Crippen LogP contribution in [0.1, 0.15) is 6.92 Å². The maximum absolute atomic E-state index is 5.80. The molecule has 0 bridgehead atoms. The van der Waals surface area contributed by atoms with E-state index in [0.717, 1.165) is 29.2 Å². The lowest BCUT2D eigenvalue weighted by atomic mass is 10.3. The zero-order valence-electron chi connectivity index (χ0n) is 12.2. The van der Waals surface area contributed by atoms with E-state index < -0.39 is 0 Å². The molecule has 0 amide bonds. The van der Waals surface area contributed by atoms with Gasteiger partial charge in [-0.2, -0.15) is 0 Å². The van der Waals surface area contributed by atoms with Crippen LogP contribution in [0.4, 0.5) is 11.6 Å². The van der Waals surface area contributed by atoms with E-state index in [1.165, 1.54) is 0 Å². The molecule has 0 saturated carbocycles. The van der Waals surface area contributed by atoms with Gasteiger partial charge in [0.2, 0.25) is 5.95 Å². The smallest absolute Gasteiger partial charge is 0.204 e. The van der Waals surface area contributed by atoms with E-state index in [2.05, 4.69) is 21.8 Å². The second-order valence-electron chi connectivity index (χ2n) is 4.83. The van der Waals surface area contributed by atoms with E-state index in [-0.39, 0.29) is 6.04 Å². The largest absolute Gasteiger partial charge is 0.399 e. The predicted molar refractivity (Wildman–Crippen MR) is 81.1 cm³/mol. The minimum Gasteiger partial charge on any atom is -0.399 e. The molecule has 2 aromatic rings. The van der Waals surface area contributed by atoms with Gasteiger partial charge in [0.1, 0.15) is 0 Å². The summed E-state index contributed by atoms with van der Waals surface area (Å²) in [7, 11) is 3.39. The fourth-order valence-corrected chi connectivity index (χ4v) is 2.21. The van der Waals surface area contributed by atoms with Crippen molar-refractivity contribution in [2.45, 2.75) is 13.0 Å². The molecule has 0 spiro atoms. The van der Waals surface area contributed by atoms with Crippen LogP contribution < -0.4 is 10.6 Å². The molecule has 1 aromatic carbocycles. The van der Waals surface area contributed by atoms with Gasteiger partial charge >= 0.3 is 0 Å². The van der Waals surface area contributed by atoms with E-state index in [4.69, 9.17) is 15.2 Å². The van der Waals surface area contributed by atoms with Crippen molar-refractivity contribution in [2.24, 2.45) is 0 Å². The maximum atomic E-state index is 5.80. The van der Waals surface area contributed by atoms with Crippen LogP contribution in [-0.4, -0.2) is 50.0 Å². The Labute approximate surface area is 118 Å². The first-order chi connectivity index (χ1) is 9.65. The van der Waals surface area contributed by atoms with Crippen LogP contribution in [0.5, 0.6) is 0 Å². The number of aromatic amines is 1. The molecule has 0 aliphatic carbocycles. The highest BCUT2D eigenvalue weighted by molar-refractivity contribution is 5.80. The van der Waals surface area contributed by atoms with Crippen LogP contribution in [0.25, 0.3) is 11.0 Å². The lowest BCUT2D eigenvalue weighted by Gasteiger charge is -2.28. The third-order valence-electron chi connectivity index (χ3n) is 3.24. The number of H-pyrrole nitrogens is 1. The first-order valence-electron chi connectivity index (χ1n) is 6.65. The molecule has 0 aliphatic rings. The first-order valence-corrected chi connectivity index (χ1v) is 6.65. The molecule has 110 valence electrons. The first kappa shape index (κ1) is 14.6. The predicted octanol–water partition coefficient (Wildman–Crippen LogP) is 1.63. The number of aromatic nitrogens is 2. The van der Waals surface area contributed by atoms with Crippen molar-refractivity contribution in [2.75, 3.05) is 44.6 Å². The fraction of sp³-hybridized carbons (Fsp3) is 0.500. The van der Waals surface area contributed by atoms with Crippen molar-refractivity contribution < 1.29 is 9.47 Å². The number of imidazole rings is 1. The molecule has 0 radical (unpaired) electrons. The highest BCUT2D eigenvalue weighted by Gasteiger charge is 2.17. The average Bonchev–Trinajstić information content (AvgIpc) is 2.82. The van der Waals surface area contributed by atoms with Gasteiger partial charge in [-0.15, -0.1) is 0 Å². The average molecular weight is 278 g/mol. The van der Waals surface area contributed by atoms with Crippen LogP contribution in [0.2, 0.25) is 0 Å². The zero-order valence-corrected chi connectivity index (χ0v) is 12.2. The normalized spacial score (nSPS) is 12.8. The van der Waals surface area contributed by atoms with Gasteiger partial charge in [-0.05, 0) is 25.1 Å². The monoisotopic (exact) mass is 278 g/mol. The molecule has 0 saturated heterocycles. The minimum absolute atomic E-state index is 0.202. The fourth-order valence-electron chi connectivity index (χ4n) is 2.21. The maximum Gasteiger partial charge on any atom is 0.204 e. The van der Waals surface area contributed by atoms with Crippen LogP contribution in [0, 0.1) is 0 Å². The van der Waals surface area contributed by atoms with Gasteiger partial charge in [-0.3, -0.25) is 0 Å². The summed E-state index contributed by atoms with van der Waals surface area (Å²) in [5.74, 6) is 0.812. The standard InChI is InChI=1S/C14H22N4O2/c1-10(9-20-3)18(6-7-19-2)14-16-12-5-4-11(15)8-13(12)17-14/h4-5,8,10H,6-7,9,15H2,1-3H3,(H,16,17). The number of nitrogens with one attached hydrogen (secondary N) is 1. The zero-order chi connectivity index (χ0) is 14.5. The number of nitrogen functional groups attached to an aromatic ring is 1. The number of fused-ring (bicyclic) bond motifs is 1. The molecule has 20 heavy (non-hydrogen) atoms. The third-order valence-corrected chi connectivity index (χ3v) is 3.24. The van der Waals surface area contributed by atoms with Crippen molar-refractivity contribution in [1.29, 1.82) is 0 Å². The van der Waals surface area contributed by atoms with Gasteiger partial charge in [0, 0.05) is 26.5 Å². The Kier molecular flexibility index (Phi) is 4.81. The van der Waals surface area contributed by atoms with Crippen LogP contribution in [0.15, 0.2) is 18.2 Å². The number of hydrogen-bond donors (Lipinski definition) is 2. The SMILES string of the molecule is COCCN(c1nc2ccc(N)cc2[nH]1)C(C)COC. The molecule has 6 nitrogen and oxygen atoms in total. The van der Waals surface area contributed by atoms with E-state index >= 15 is 0 Å². The molecular formula is C14H22N4O2. The van der Waals surface area contributed by atoms with E-state index in [0.29, 0.717) is 13.2 Å².